The Morgan fingerprint density at radius 3 is 2.64 bits per heavy atom. The summed E-state index contributed by atoms with van der Waals surface area (Å²) in [4.78, 5) is 19.0. The highest BCUT2D eigenvalue weighted by Gasteiger charge is 2.42. The largest absolute Gasteiger partial charge is 0.306 e. The summed E-state index contributed by atoms with van der Waals surface area (Å²) < 4.78 is 0. The van der Waals surface area contributed by atoms with E-state index in [-0.39, 0.29) is 11.9 Å². The van der Waals surface area contributed by atoms with Gasteiger partial charge in [-0.1, -0.05) is 61.9 Å². The van der Waals surface area contributed by atoms with Crippen LogP contribution in [0.5, 0.6) is 0 Å². The van der Waals surface area contributed by atoms with Crippen molar-refractivity contribution in [2.45, 2.75) is 32.2 Å². The minimum Gasteiger partial charge on any atom is -0.306 e. The van der Waals surface area contributed by atoms with E-state index in [1.165, 1.54) is 5.56 Å². The minimum absolute atomic E-state index is 0.203. The van der Waals surface area contributed by atoms with Crippen LogP contribution in [0.4, 0.5) is 5.69 Å². The van der Waals surface area contributed by atoms with Gasteiger partial charge in [0.05, 0.1) is 11.2 Å². The molecular formula is C22H22N2O. The molecule has 3 heteroatoms. The van der Waals surface area contributed by atoms with Gasteiger partial charge < -0.3 is 4.90 Å². The number of carbonyl (C=O) groups is 1. The lowest BCUT2D eigenvalue weighted by Crippen LogP contribution is -2.57. The molecule has 2 aromatic carbocycles. The zero-order valence-corrected chi connectivity index (χ0v) is 14.4. The molecule has 0 N–H and O–H groups in total. The third kappa shape index (κ3) is 2.91. The van der Waals surface area contributed by atoms with Gasteiger partial charge in [0.2, 0.25) is 5.91 Å². The summed E-state index contributed by atoms with van der Waals surface area (Å²) >= 11 is 0. The van der Waals surface area contributed by atoms with Gasteiger partial charge in [-0.3, -0.25) is 9.78 Å². The first-order valence-electron chi connectivity index (χ1n) is 8.97. The zero-order valence-electron chi connectivity index (χ0n) is 14.4. The number of hydrogen-bond acceptors (Lipinski definition) is 2. The summed E-state index contributed by atoms with van der Waals surface area (Å²) in [5.41, 5.74) is 3.20. The van der Waals surface area contributed by atoms with Crippen LogP contribution in [0.25, 0.3) is 10.9 Å². The molecule has 0 radical (unpaired) electrons. The van der Waals surface area contributed by atoms with E-state index in [4.69, 9.17) is 0 Å². The van der Waals surface area contributed by atoms with E-state index in [1.54, 1.807) is 6.20 Å². The van der Waals surface area contributed by atoms with Gasteiger partial charge in [-0.2, -0.15) is 0 Å². The van der Waals surface area contributed by atoms with Crippen LogP contribution in [-0.2, 0) is 11.2 Å². The van der Waals surface area contributed by atoms with E-state index in [2.05, 4.69) is 36.2 Å². The summed E-state index contributed by atoms with van der Waals surface area (Å²) in [5.74, 6) is 0.661. The molecule has 25 heavy (non-hydrogen) atoms. The molecule has 0 saturated carbocycles. The second-order valence-electron chi connectivity index (χ2n) is 6.75. The van der Waals surface area contributed by atoms with E-state index < -0.39 is 0 Å². The summed E-state index contributed by atoms with van der Waals surface area (Å²) in [6.07, 6.45) is 4.49. The van der Waals surface area contributed by atoms with Gasteiger partial charge in [0.15, 0.2) is 0 Å². The fraction of sp³-hybridized carbons (Fsp3) is 0.273. The Balaban J connectivity index is 1.65. The SMILES string of the molecule is CCC(Cc1ccccc1)C1CC(=O)N1c1cccc2cccnc12. The summed E-state index contributed by atoms with van der Waals surface area (Å²) in [7, 11) is 0. The first-order valence-corrected chi connectivity index (χ1v) is 8.97. The number of fused-ring (bicyclic) bond motifs is 1. The number of rotatable bonds is 5. The van der Waals surface area contributed by atoms with Crippen molar-refractivity contribution >= 4 is 22.5 Å². The van der Waals surface area contributed by atoms with Gasteiger partial charge in [0, 0.05) is 24.0 Å². The Hall–Kier alpha value is -2.68. The molecule has 2 heterocycles. The van der Waals surface area contributed by atoms with Crippen LogP contribution in [0.2, 0.25) is 0 Å². The van der Waals surface area contributed by atoms with Crippen molar-refractivity contribution in [1.29, 1.82) is 0 Å². The molecule has 3 aromatic rings. The molecule has 1 saturated heterocycles. The number of nitrogens with zero attached hydrogens (tertiary/aromatic N) is 2. The Morgan fingerprint density at radius 1 is 1.08 bits per heavy atom. The zero-order chi connectivity index (χ0) is 17.2. The van der Waals surface area contributed by atoms with Gasteiger partial charge >= 0.3 is 0 Å². The Bertz CT molecular complexity index is 885. The van der Waals surface area contributed by atoms with Gasteiger partial charge in [-0.15, -0.1) is 0 Å². The van der Waals surface area contributed by atoms with E-state index in [0.717, 1.165) is 29.4 Å². The number of carbonyl (C=O) groups excluding carboxylic acids is 1. The lowest BCUT2D eigenvalue weighted by molar-refractivity contribution is -0.125. The number of hydrogen-bond donors (Lipinski definition) is 0. The molecule has 1 aliphatic heterocycles. The highest BCUT2D eigenvalue weighted by Crippen LogP contribution is 2.37. The number of pyridine rings is 1. The Kier molecular flexibility index (Phi) is 4.22. The van der Waals surface area contributed by atoms with E-state index in [9.17, 15) is 4.79 Å². The predicted molar refractivity (Wildman–Crippen MR) is 102 cm³/mol. The van der Waals surface area contributed by atoms with Crippen LogP contribution < -0.4 is 4.90 Å². The van der Waals surface area contributed by atoms with Crippen LogP contribution in [0.3, 0.4) is 0 Å². The van der Waals surface area contributed by atoms with Crippen molar-refractivity contribution in [3.8, 4) is 0 Å². The average Bonchev–Trinajstić information content (AvgIpc) is 2.65. The molecule has 126 valence electrons. The average molecular weight is 330 g/mol. The lowest BCUT2D eigenvalue weighted by Gasteiger charge is -2.45. The molecule has 3 nitrogen and oxygen atoms in total. The highest BCUT2D eigenvalue weighted by molar-refractivity contribution is 6.07. The maximum atomic E-state index is 12.5. The fourth-order valence-electron chi connectivity index (χ4n) is 3.88. The van der Waals surface area contributed by atoms with Gasteiger partial charge in [0.25, 0.3) is 0 Å². The van der Waals surface area contributed by atoms with Crippen LogP contribution >= 0.6 is 0 Å². The molecule has 1 aliphatic rings. The molecule has 1 aromatic heterocycles. The van der Waals surface area contributed by atoms with Crippen LogP contribution in [0, 0.1) is 5.92 Å². The highest BCUT2D eigenvalue weighted by atomic mass is 16.2. The van der Waals surface area contributed by atoms with Crippen molar-refractivity contribution < 1.29 is 4.79 Å². The molecule has 0 bridgehead atoms. The van der Waals surface area contributed by atoms with Crippen LogP contribution in [0.1, 0.15) is 25.3 Å². The number of para-hydroxylation sites is 1. The topological polar surface area (TPSA) is 33.2 Å². The Morgan fingerprint density at radius 2 is 1.88 bits per heavy atom. The molecule has 1 fully saturated rings. The van der Waals surface area contributed by atoms with Gasteiger partial charge in [-0.25, -0.2) is 0 Å². The first kappa shape index (κ1) is 15.8. The summed E-state index contributed by atoms with van der Waals surface area (Å²) in [6, 6.07) is 20.9. The summed E-state index contributed by atoms with van der Waals surface area (Å²) in [6.45, 7) is 2.22. The van der Waals surface area contributed by atoms with Crippen molar-refractivity contribution in [3.05, 3.63) is 72.4 Å². The predicted octanol–water partition coefficient (Wildman–Crippen LogP) is 4.61. The van der Waals surface area contributed by atoms with Crippen molar-refractivity contribution in [2.75, 3.05) is 4.90 Å². The molecule has 2 atom stereocenters. The van der Waals surface area contributed by atoms with Gasteiger partial charge in [-0.05, 0) is 30.0 Å². The second-order valence-corrected chi connectivity index (χ2v) is 6.75. The third-order valence-corrected chi connectivity index (χ3v) is 5.26. The second kappa shape index (κ2) is 6.67. The normalized spacial score (nSPS) is 18.2. The lowest BCUT2D eigenvalue weighted by atomic mass is 9.82. The fourth-order valence-corrected chi connectivity index (χ4v) is 3.88. The van der Waals surface area contributed by atoms with Crippen LogP contribution in [0.15, 0.2) is 66.9 Å². The molecule has 2 unspecified atom stereocenters. The molecule has 1 amide bonds. The maximum absolute atomic E-state index is 12.5. The van der Waals surface area contributed by atoms with Crippen LogP contribution in [-0.4, -0.2) is 16.9 Å². The Labute approximate surface area is 148 Å². The smallest absolute Gasteiger partial charge is 0.229 e. The standard InChI is InChI=1S/C22H22N2O/c1-2-17(14-16-8-4-3-5-9-16)20-15-21(25)24(20)19-12-6-10-18-11-7-13-23-22(18)19/h3-13,17,20H,2,14-15H2,1H3. The van der Waals surface area contributed by atoms with E-state index >= 15 is 0 Å². The first-order chi connectivity index (χ1) is 12.3. The number of β-lactam (4-membered cyclic amide) rings is 1. The molecule has 4 rings (SSSR count). The quantitative estimate of drug-likeness (QED) is 0.640. The van der Waals surface area contributed by atoms with E-state index in [1.807, 2.05) is 41.3 Å². The number of aromatic nitrogens is 1. The minimum atomic E-state index is 0.203. The van der Waals surface area contributed by atoms with Crippen molar-refractivity contribution in [3.63, 3.8) is 0 Å². The maximum Gasteiger partial charge on any atom is 0.229 e. The number of amides is 1. The van der Waals surface area contributed by atoms with Crippen molar-refractivity contribution in [1.82, 2.24) is 4.98 Å². The summed E-state index contributed by atoms with van der Waals surface area (Å²) in [5, 5.41) is 1.08. The molecular weight excluding hydrogens is 308 g/mol. The molecule has 0 aliphatic carbocycles. The third-order valence-electron chi connectivity index (χ3n) is 5.26. The number of benzene rings is 2. The van der Waals surface area contributed by atoms with Crippen molar-refractivity contribution in [2.24, 2.45) is 5.92 Å². The monoisotopic (exact) mass is 330 g/mol. The van der Waals surface area contributed by atoms with E-state index in [0.29, 0.717) is 12.3 Å². The molecule has 0 spiro atoms. The van der Waals surface area contributed by atoms with Gasteiger partial charge in [0.1, 0.15) is 0 Å². The number of anilines is 1.